The van der Waals surface area contributed by atoms with Crippen molar-refractivity contribution in [2.45, 2.75) is 13.2 Å². The van der Waals surface area contributed by atoms with E-state index in [9.17, 15) is 8.78 Å². The average Bonchev–Trinajstić information content (AvgIpc) is 3.10. The summed E-state index contributed by atoms with van der Waals surface area (Å²) in [6.45, 7) is 3.73. The molecular weight excluding hydrogens is 358 g/mol. The van der Waals surface area contributed by atoms with E-state index in [4.69, 9.17) is 9.26 Å². The second-order valence-electron chi connectivity index (χ2n) is 6.28. The number of methoxy groups -OCH3 is 1. The van der Waals surface area contributed by atoms with Gasteiger partial charge < -0.3 is 14.2 Å². The first-order chi connectivity index (χ1) is 13.1. The van der Waals surface area contributed by atoms with Gasteiger partial charge in [-0.3, -0.25) is 4.90 Å². The molecule has 1 aliphatic heterocycles. The Balaban J connectivity index is 1.44. The van der Waals surface area contributed by atoms with Gasteiger partial charge in [-0.05, 0) is 6.07 Å². The maximum absolute atomic E-state index is 13.7. The predicted octanol–water partition coefficient (Wildman–Crippen LogP) is 1.76. The first-order valence-electron chi connectivity index (χ1n) is 8.51. The molecule has 1 aliphatic rings. The normalized spacial score (nSPS) is 15.6. The molecule has 4 rings (SSSR count). The van der Waals surface area contributed by atoms with Crippen LogP contribution in [-0.2, 0) is 17.9 Å². The first kappa shape index (κ1) is 17.7. The molecule has 0 bridgehead atoms. The molecule has 2 aromatic heterocycles. The van der Waals surface area contributed by atoms with E-state index in [0.717, 1.165) is 25.2 Å². The molecule has 0 atom stereocenters. The van der Waals surface area contributed by atoms with Crippen LogP contribution in [0.3, 0.4) is 0 Å². The summed E-state index contributed by atoms with van der Waals surface area (Å²) >= 11 is 0. The number of rotatable bonds is 5. The van der Waals surface area contributed by atoms with Crippen molar-refractivity contribution in [2.24, 2.45) is 0 Å². The van der Waals surface area contributed by atoms with Gasteiger partial charge in [-0.15, -0.1) is 0 Å². The van der Waals surface area contributed by atoms with Crippen LogP contribution in [0, 0.1) is 11.6 Å². The van der Waals surface area contributed by atoms with E-state index in [1.165, 1.54) is 6.33 Å². The first-order valence-corrected chi connectivity index (χ1v) is 8.51. The molecule has 0 N–H and O–H groups in total. The van der Waals surface area contributed by atoms with Crippen molar-refractivity contribution < 1.29 is 18.0 Å². The largest absolute Gasteiger partial charge is 0.377 e. The smallest absolute Gasteiger partial charge is 0.240 e. The highest BCUT2D eigenvalue weighted by Gasteiger charge is 2.22. The van der Waals surface area contributed by atoms with Crippen molar-refractivity contribution in [2.75, 3.05) is 38.2 Å². The standard InChI is InChI=1S/C17H18F2N6O2/c1-26-9-15-22-16(27-23-15)8-24-2-4-25(5-3-24)17-11-6-12(18)13(19)7-14(11)20-10-21-17/h6-7,10H,2-5,8-9H2,1H3. The molecule has 0 unspecified atom stereocenters. The third-order valence-electron chi connectivity index (χ3n) is 4.47. The summed E-state index contributed by atoms with van der Waals surface area (Å²) in [6.07, 6.45) is 1.37. The van der Waals surface area contributed by atoms with Gasteiger partial charge in [0.2, 0.25) is 5.89 Å². The Labute approximate surface area is 153 Å². The number of benzene rings is 1. The third-order valence-corrected chi connectivity index (χ3v) is 4.47. The Morgan fingerprint density at radius 1 is 1.11 bits per heavy atom. The lowest BCUT2D eigenvalue weighted by atomic mass is 10.2. The monoisotopic (exact) mass is 376 g/mol. The van der Waals surface area contributed by atoms with E-state index in [2.05, 4.69) is 25.0 Å². The summed E-state index contributed by atoms with van der Waals surface area (Å²) in [5, 5.41) is 4.36. The fraction of sp³-hybridized carbons (Fsp3) is 0.412. The van der Waals surface area contributed by atoms with Gasteiger partial charge in [-0.2, -0.15) is 4.98 Å². The zero-order valence-electron chi connectivity index (χ0n) is 14.7. The van der Waals surface area contributed by atoms with Gasteiger partial charge in [0.15, 0.2) is 17.5 Å². The van der Waals surface area contributed by atoms with Gasteiger partial charge in [0.1, 0.15) is 18.8 Å². The topological polar surface area (TPSA) is 80.4 Å². The molecule has 142 valence electrons. The summed E-state index contributed by atoms with van der Waals surface area (Å²) < 4.78 is 37.3. The molecule has 0 spiro atoms. The number of hydrogen-bond donors (Lipinski definition) is 0. The van der Waals surface area contributed by atoms with Gasteiger partial charge in [0.25, 0.3) is 0 Å². The van der Waals surface area contributed by atoms with Crippen molar-refractivity contribution in [1.29, 1.82) is 0 Å². The van der Waals surface area contributed by atoms with Crippen LogP contribution >= 0.6 is 0 Å². The molecule has 1 aromatic carbocycles. The SMILES string of the molecule is COCc1noc(CN2CCN(c3ncnc4cc(F)c(F)cc34)CC2)n1. The van der Waals surface area contributed by atoms with Crippen molar-refractivity contribution in [3.05, 3.63) is 41.8 Å². The van der Waals surface area contributed by atoms with E-state index < -0.39 is 11.6 Å². The predicted molar refractivity (Wildman–Crippen MR) is 92.0 cm³/mol. The molecule has 27 heavy (non-hydrogen) atoms. The van der Waals surface area contributed by atoms with Crippen molar-refractivity contribution >= 4 is 16.7 Å². The Morgan fingerprint density at radius 3 is 2.67 bits per heavy atom. The highest BCUT2D eigenvalue weighted by atomic mass is 19.2. The van der Waals surface area contributed by atoms with Gasteiger partial charge in [-0.25, -0.2) is 18.7 Å². The molecule has 0 radical (unpaired) electrons. The van der Waals surface area contributed by atoms with Crippen LogP contribution in [-0.4, -0.2) is 58.3 Å². The molecule has 3 aromatic rings. The van der Waals surface area contributed by atoms with Crippen LogP contribution in [0.15, 0.2) is 23.0 Å². The van der Waals surface area contributed by atoms with Crippen molar-refractivity contribution in [1.82, 2.24) is 25.0 Å². The van der Waals surface area contributed by atoms with Gasteiger partial charge in [0, 0.05) is 44.7 Å². The maximum Gasteiger partial charge on any atom is 0.240 e. The van der Waals surface area contributed by atoms with Gasteiger partial charge in [0.05, 0.1) is 12.1 Å². The number of ether oxygens (including phenoxy) is 1. The second-order valence-corrected chi connectivity index (χ2v) is 6.28. The molecule has 0 saturated carbocycles. The van der Waals surface area contributed by atoms with E-state index >= 15 is 0 Å². The lowest BCUT2D eigenvalue weighted by Gasteiger charge is -2.35. The molecule has 0 aliphatic carbocycles. The fourth-order valence-electron chi connectivity index (χ4n) is 3.14. The summed E-state index contributed by atoms with van der Waals surface area (Å²) in [5.41, 5.74) is 0.387. The minimum Gasteiger partial charge on any atom is -0.377 e. The van der Waals surface area contributed by atoms with E-state index in [1.54, 1.807) is 7.11 Å². The van der Waals surface area contributed by atoms with Crippen molar-refractivity contribution in [3.8, 4) is 0 Å². The highest BCUT2D eigenvalue weighted by molar-refractivity contribution is 5.89. The molecule has 8 nitrogen and oxygen atoms in total. The molecular formula is C17H18F2N6O2. The van der Waals surface area contributed by atoms with E-state index in [0.29, 0.717) is 54.7 Å². The van der Waals surface area contributed by atoms with Crippen LogP contribution in [0.5, 0.6) is 0 Å². The maximum atomic E-state index is 13.7. The number of nitrogens with zero attached hydrogens (tertiary/aromatic N) is 6. The third kappa shape index (κ3) is 3.71. The number of halogens is 2. The van der Waals surface area contributed by atoms with Crippen LogP contribution in [0.1, 0.15) is 11.7 Å². The number of aromatic nitrogens is 4. The van der Waals surface area contributed by atoms with Crippen LogP contribution in [0.4, 0.5) is 14.6 Å². The molecule has 10 heteroatoms. The van der Waals surface area contributed by atoms with E-state index in [1.807, 2.05) is 4.90 Å². The van der Waals surface area contributed by atoms with Crippen LogP contribution < -0.4 is 4.90 Å². The zero-order chi connectivity index (χ0) is 18.8. The minimum absolute atomic E-state index is 0.315. The average molecular weight is 376 g/mol. The second kappa shape index (κ2) is 7.49. The Bertz CT molecular complexity index is 942. The zero-order valence-corrected chi connectivity index (χ0v) is 14.7. The molecule has 0 amide bonds. The Morgan fingerprint density at radius 2 is 1.89 bits per heavy atom. The van der Waals surface area contributed by atoms with Crippen molar-refractivity contribution in [3.63, 3.8) is 0 Å². The quantitative estimate of drug-likeness (QED) is 0.666. The molecule has 1 fully saturated rings. The molecule has 3 heterocycles. The molecule has 1 saturated heterocycles. The highest BCUT2D eigenvalue weighted by Crippen LogP contribution is 2.26. The van der Waals surface area contributed by atoms with E-state index in [-0.39, 0.29) is 0 Å². The lowest BCUT2D eigenvalue weighted by Crippen LogP contribution is -2.46. The fourth-order valence-corrected chi connectivity index (χ4v) is 3.14. The van der Waals surface area contributed by atoms with Crippen LogP contribution in [0.25, 0.3) is 10.9 Å². The minimum atomic E-state index is -0.913. The van der Waals surface area contributed by atoms with Crippen LogP contribution in [0.2, 0.25) is 0 Å². The lowest BCUT2D eigenvalue weighted by molar-refractivity contribution is 0.174. The summed E-state index contributed by atoms with van der Waals surface area (Å²) in [4.78, 5) is 16.8. The van der Waals surface area contributed by atoms with Gasteiger partial charge in [-0.1, -0.05) is 5.16 Å². The summed E-state index contributed by atoms with van der Waals surface area (Å²) in [5.74, 6) is -0.142. The number of anilines is 1. The summed E-state index contributed by atoms with van der Waals surface area (Å²) in [7, 11) is 1.58. The van der Waals surface area contributed by atoms with Gasteiger partial charge >= 0.3 is 0 Å². The Hall–Kier alpha value is -2.72. The number of piperazine rings is 1. The number of hydrogen-bond acceptors (Lipinski definition) is 8. The Kier molecular flexibility index (Phi) is 4.90. The summed E-state index contributed by atoms with van der Waals surface area (Å²) in [6, 6.07) is 2.25. The number of fused-ring (bicyclic) bond motifs is 1.